The van der Waals surface area contributed by atoms with Gasteiger partial charge in [0.25, 0.3) is 5.69 Å². The first-order valence-electron chi connectivity index (χ1n) is 7.27. The zero-order chi connectivity index (χ0) is 16.6. The van der Waals surface area contributed by atoms with Crippen molar-refractivity contribution in [3.8, 4) is 0 Å². The van der Waals surface area contributed by atoms with Gasteiger partial charge in [-0.3, -0.25) is 10.1 Å². The van der Waals surface area contributed by atoms with Crippen LogP contribution >= 0.6 is 11.8 Å². The summed E-state index contributed by atoms with van der Waals surface area (Å²) in [6.07, 6.45) is -0.436. The van der Waals surface area contributed by atoms with Crippen LogP contribution in [0.2, 0.25) is 0 Å². The van der Waals surface area contributed by atoms with Crippen molar-refractivity contribution in [2.45, 2.75) is 19.1 Å². The number of nitro groups is 1. The molecule has 7 heteroatoms. The van der Waals surface area contributed by atoms with Crippen LogP contribution in [0.25, 0.3) is 10.8 Å². The SMILES string of the molecule is CC(O)[C@H]1CSC(=Nc2ccc([N+](=O)[O-])c3ccccc23)N1C. The molecule has 1 unspecified atom stereocenters. The van der Waals surface area contributed by atoms with Crippen LogP contribution in [0.1, 0.15) is 6.92 Å². The van der Waals surface area contributed by atoms with E-state index < -0.39 is 6.10 Å². The van der Waals surface area contributed by atoms with E-state index in [1.54, 1.807) is 36.9 Å². The molecule has 1 N–H and O–H groups in total. The van der Waals surface area contributed by atoms with Gasteiger partial charge in [-0.25, -0.2) is 4.99 Å². The number of thioether (sulfide) groups is 1. The molecule has 0 bridgehead atoms. The van der Waals surface area contributed by atoms with Crippen molar-refractivity contribution in [3.63, 3.8) is 0 Å². The molecule has 1 fully saturated rings. The highest BCUT2D eigenvalue weighted by atomic mass is 32.2. The topological polar surface area (TPSA) is 79.0 Å². The van der Waals surface area contributed by atoms with E-state index in [9.17, 15) is 15.2 Å². The standard InChI is InChI=1S/C16H17N3O3S/c1-10(20)15-9-23-16(18(15)2)17-13-7-8-14(19(21)22)12-6-4-3-5-11(12)13/h3-8,10,15,20H,9H2,1-2H3/t10?,15-/m1/s1. The van der Waals surface area contributed by atoms with Gasteiger partial charge >= 0.3 is 0 Å². The van der Waals surface area contributed by atoms with Crippen LogP contribution in [0.15, 0.2) is 41.4 Å². The fourth-order valence-electron chi connectivity index (χ4n) is 2.72. The number of aliphatic hydroxyl groups is 1. The lowest BCUT2D eigenvalue weighted by Crippen LogP contribution is -2.38. The number of hydrogen-bond donors (Lipinski definition) is 1. The number of rotatable bonds is 3. The number of nitro benzene ring substituents is 1. The summed E-state index contributed by atoms with van der Waals surface area (Å²) in [6.45, 7) is 1.77. The highest BCUT2D eigenvalue weighted by Gasteiger charge is 2.30. The van der Waals surface area contributed by atoms with Crippen molar-refractivity contribution < 1.29 is 10.0 Å². The molecule has 2 aromatic carbocycles. The van der Waals surface area contributed by atoms with Crippen molar-refractivity contribution in [2.24, 2.45) is 4.99 Å². The molecule has 1 aliphatic heterocycles. The molecule has 0 spiro atoms. The van der Waals surface area contributed by atoms with Crippen LogP contribution in [0.5, 0.6) is 0 Å². The maximum absolute atomic E-state index is 11.2. The van der Waals surface area contributed by atoms with Crippen molar-refractivity contribution in [1.82, 2.24) is 4.90 Å². The Hall–Kier alpha value is -2.12. The van der Waals surface area contributed by atoms with E-state index in [1.807, 2.05) is 24.1 Å². The molecule has 1 heterocycles. The van der Waals surface area contributed by atoms with Crippen LogP contribution < -0.4 is 0 Å². The molecule has 120 valence electrons. The van der Waals surface area contributed by atoms with Gasteiger partial charge in [0, 0.05) is 24.3 Å². The molecule has 6 nitrogen and oxygen atoms in total. The lowest BCUT2D eigenvalue weighted by molar-refractivity contribution is -0.383. The second kappa shape index (κ2) is 6.17. The van der Waals surface area contributed by atoms with E-state index in [1.165, 1.54) is 6.07 Å². The Labute approximate surface area is 138 Å². The highest BCUT2D eigenvalue weighted by Crippen LogP contribution is 2.35. The highest BCUT2D eigenvalue weighted by molar-refractivity contribution is 8.14. The number of hydrogen-bond acceptors (Lipinski definition) is 5. The zero-order valence-electron chi connectivity index (χ0n) is 12.8. The first-order chi connectivity index (χ1) is 11.0. The lowest BCUT2D eigenvalue weighted by atomic mass is 10.1. The normalized spacial score (nSPS) is 21.1. The fourth-order valence-corrected chi connectivity index (χ4v) is 4.04. The molecule has 0 aliphatic carbocycles. The lowest BCUT2D eigenvalue weighted by Gasteiger charge is -2.23. The van der Waals surface area contributed by atoms with Crippen LogP contribution in [0.3, 0.4) is 0 Å². The van der Waals surface area contributed by atoms with Gasteiger partial charge in [-0.1, -0.05) is 30.0 Å². The maximum atomic E-state index is 11.2. The molecule has 2 aromatic rings. The average Bonchev–Trinajstić information content (AvgIpc) is 2.88. The van der Waals surface area contributed by atoms with Gasteiger partial charge in [-0.2, -0.15) is 0 Å². The predicted molar refractivity (Wildman–Crippen MR) is 93.4 cm³/mol. The van der Waals surface area contributed by atoms with Gasteiger partial charge in [0.2, 0.25) is 0 Å². The number of benzene rings is 2. The second-order valence-corrected chi connectivity index (χ2v) is 6.52. The Bertz CT molecular complexity index is 791. The van der Waals surface area contributed by atoms with E-state index in [0.29, 0.717) is 11.1 Å². The van der Waals surface area contributed by atoms with Gasteiger partial charge in [0.1, 0.15) is 0 Å². The first-order valence-corrected chi connectivity index (χ1v) is 8.26. The van der Waals surface area contributed by atoms with E-state index in [0.717, 1.165) is 16.3 Å². The average molecular weight is 331 g/mol. The molecule has 0 amide bonds. The van der Waals surface area contributed by atoms with Gasteiger partial charge < -0.3 is 10.0 Å². The minimum Gasteiger partial charge on any atom is -0.391 e. The first kappa shape index (κ1) is 15.8. The molecule has 0 aromatic heterocycles. The maximum Gasteiger partial charge on any atom is 0.277 e. The van der Waals surface area contributed by atoms with Gasteiger partial charge in [0.15, 0.2) is 5.17 Å². The van der Waals surface area contributed by atoms with Crippen LogP contribution in [-0.2, 0) is 0 Å². The van der Waals surface area contributed by atoms with Crippen LogP contribution in [0.4, 0.5) is 11.4 Å². The molecular weight excluding hydrogens is 314 g/mol. The number of amidine groups is 1. The fraction of sp³-hybridized carbons (Fsp3) is 0.312. The predicted octanol–water partition coefficient (Wildman–Crippen LogP) is 3.16. The summed E-state index contributed by atoms with van der Waals surface area (Å²) < 4.78 is 0. The molecular formula is C16H17N3O3S. The minimum absolute atomic E-state index is 0.0306. The van der Waals surface area contributed by atoms with Crippen LogP contribution in [-0.4, -0.2) is 45.0 Å². The Morgan fingerprint density at radius 3 is 2.65 bits per heavy atom. The third-order valence-corrected chi connectivity index (χ3v) is 5.18. The number of non-ortho nitro benzene ring substituents is 1. The van der Waals surface area contributed by atoms with Crippen molar-refractivity contribution in [3.05, 3.63) is 46.5 Å². The minimum atomic E-state index is -0.436. The van der Waals surface area contributed by atoms with Gasteiger partial charge in [0.05, 0.1) is 28.1 Å². The molecule has 1 saturated heterocycles. The van der Waals surface area contributed by atoms with Crippen molar-refractivity contribution in [1.29, 1.82) is 0 Å². The quantitative estimate of drug-likeness (QED) is 0.690. The summed E-state index contributed by atoms with van der Waals surface area (Å²) in [5.41, 5.74) is 0.783. The smallest absolute Gasteiger partial charge is 0.277 e. The largest absolute Gasteiger partial charge is 0.391 e. The van der Waals surface area contributed by atoms with Gasteiger partial charge in [-0.15, -0.1) is 0 Å². The molecule has 3 rings (SSSR count). The Morgan fingerprint density at radius 2 is 2.04 bits per heavy atom. The monoisotopic (exact) mass is 331 g/mol. The van der Waals surface area contributed by atoms with Crippen molar-refractivity contribution >= 4 is 39.1 Å². The van der Waals surface area contributed by atoms with Crippen LogP contribution in [0, 0.1) is 10.1 Å². The Kier molecular flexibility index (Phi) is 4.23. The second-order valence-electron chi connectivity index (χ2n) is 5.53. The van der Waals surface area contributed by atoms with E-state index in [2.05, 4.69) is 4.99 Å². The summed E-state index contributed by atoms with van der Waals surface area (Å²) in [6, 6.07) is 10.4. The Balaban J connectivity index is 2.07. The number of aliphatic imine (C=N–C) groups is 1. The number of fused-ring (bicyclic) bond motifs is 1. The summed E-state index contributed by atoms with van der Waals surface area (Å²) in [7, 11) is 1.91. The number of aliphatic hydroxyl groups excluding tert-OH is 1. The summed E-state index contributed by atoms with van der Waals surface area (Å²) in [4.78, 5) is 17.4. The van der Waals surface area contributed by atoms with Crippen molar-refractivity contribution in [2.75, 3.05) is 12.8 Å². The molecule has 23 heavy (non-hydrogen) atoms. The third kappa shape index (κ3) is 2.89. The summed E-state index contributed by atoms with van der Waals surface area (Å²) >= 11 is 1.58. The third-order valence-electron chi connectivity index (χ3n) is 4.03. The Morgan fingerprint density at radius 1 is 1.35 bits per heavy atom. The molecule has 0 radical (unpaired) electrons. The molecule has 2 atom stereocenters. The van der Waals surface area contributed by atoms with E-state index in [-0.39, 0.29) is 16.7 Å². The number of nitrogens with zero attached hydrogens (tertiary/aromatic N) is 3. The molecule has 1 aliphatic rings. The number of likely N-dealkylation sites (N-methyl/N-ethyl adjacent to an activating group) is 1. The van der Waals surface area contributed by atoms with Gasteiger partial charge in [-0.05, 0) is 19.1 Å². The summed E-state index contributed by atoms with van der Waals surface area (Å²) in [5.74, 6) is 0.776. The van der Waals surface area contributed by atoms with E-state index in [4.69, 9.17) is 0 Å². The summed E-state index contributed by atoms with van der Waals surface area (Å²) in [5, 5.41) is 23.1. The zero-order valence-corrected chi connectivity index (χ0v) is 13.7. The molecule has 0 saturated carbocycles. The van der Waals surface area contributed by atoms with E-state index >= 15 is 0 Å².